The highest BCUT2D eigenvalue weighted by molar-refractivity contribution is 14.1. The van der Waals surface area contributed by atoms with E-state index in [9.17, 15) is 0 Å². The normalized spacial score (nSPS) is 12.7. The summed E-state index contributed by atoms with van der Waals surface area (Å²) >= 11 is 18.1. The maximum absolute atomic E-state index is 5.76. The molecule has 12 N–H and O–H groups in total. The topological polar surface area (TPSA) is 219 Å². The van der Waals surface area contributed by atoms with Crippen LogP contribution >= 0.6 is 84.3 Å². The van der Waals surface area contributed by atoms with E-state index in [0.29, 0.717) is 49.1 Å². The Balaban J connectivity index is 0.000000774. The standard InChI is InChI=1S/C12H15N3.C9H17N3.C7H7Br.C7H11N3.C7H13N3.C4H9I.C2H4Cl2.C2H5I/c13-7-11(12-8-14-9-15-12)6-10-4-2-1-3-5-10;1-2-3-4-8(5-10)9-6-11-7-12-9;8-6-7-4-2-1-3-5-7;8-4-7(1-2-7)6-3-9-5-10-6;1-2-6(3-8)7-4-9-5-10-7;1-2-3-4-5;3-1-2-4;1-2-3/h1-5,8-9,11H,6-7,13H2,(H,14,15);6-8H,2-5,10H2,1H3,(H,11,12);1-5H,6H2;3,5H,1-2,4,8H2,(H,9,10);4-6H,2-3,8H2,1H3,(H,9,10);2-4H2,1H3;1-2H2;2H2,1H3. The van der Waals surface area contributed by atoms with Crippen molar-refractivity contribution in [2.75, 3.05) is 46.8 Å². The maximum atomic E-state index is 5.76. The van der Waals surface area contributed by atoms with Gasteiger partial charge in [0.25, 0.3) is 0 Å². The van der Waals surface area contributed by atoms with Crippen molar-refractivity contribution in [2.24, 2.45) is 22.9 Å². The smallest absolute Gasteiger partial charge is 0.0921 e. The van der Waals surface area contributed by atoms with Crippen LogP contribution in [-0.2, 0) is 17.2 Å². The van der Waals surface area contributed by atoms with Gasteiger partial charge >= 0.3 is 0 Å². The third-order valence-electron chi connectivity index (χ3n) is 10.3. The van der Waals surface area contributed by atoms with E-state index in [-0.39, 0.29) is 5.41 Å². The fraction of sp³-hybridized carbons (Fsp3) is 0.520. The minimum absolute atomic E-state index is 0.274. The molecule has 2 aromatic carbocycles. The monoisotopic (exact) mass is 1250 g/mol. The van der Waals surface area contributed by atoms with Crippen molar-refractivity contribution in [1.29, 1.82) is 0 Å². The Bertz CT molecular complexity index is 1810. The second-order valence-corrected chi connectivity index (χ2v) is 19.2. The van der Waals surface area contributed by atoms with Crippen LogP contribution in [0.5, 0.6) is 0 Å². The molecule has 3 atom stereocenters. The molecular formula is C50H81BrCl2I2N12. The number of rotatable bonds is 18. The van der Waals surface area contributed by atoms with E-state index in [1.165, 1.54) is 69.9 Å². The third kappa shape index (κ3) is 30.8. The number of imidazole rings is 4. The van der Waals surface area contributed by atoms with E-state index in [2.05, 4.69) is 165 Å². The zero-order valence-electron chi connectivity index (χ0n) is 40.3. The second-order valence-electron chi connectivity index (χ2n) is 15.3. The van der Waals surface area contributed by atoms with Crippen molar-refractivity contribution in [3.05, 3.63) is 145 Å². The molecule has 0 bridgehead atoms. The lowest BCUT2D eigenvalue weighted by Crippen LogP contribution is -2.19. The van der Waals surface area contributed by atoms with Crippen LogP contribution in [-0.4, -0.2) is 86.7 Å². The molecule has 7 rings (SSSR count). The number of hydrogen-bond acceptors (Lipinski definition) is 8. The maximum Gasteiger partial charge on any atom is 0.0921 e. The Labute approximate surface area is 448 Å². The van der Waals surface area contributed by atoms with E-state index in [4.69, 9.17) is 46.1 Å². The van der Waals surface area contributed by atoms with Crippen molar-refractivity contribution in [3.8, 4) is 0 Å². The Morgan fingerprint density at radius 2 is 1.04 bits per heavy atom. The predicted octanol–water partition coefficient (Wildman–Crippen LogP) is 12.3. The lowest BCUT2D eigenvalue weighted by Gasteiger charge is -2.12. The molecule has 0 amide bonds. The molecule has 17 heteroatoms. The van der Waals surface area contributed by atoms with Crippen molar-refractivity contribution < 1.29 is 0 Å². The fourth-order valence-electron chi connectivity index (χ4n) is 6.03. The molecule has 376 valence electrons. The lowest BCUT2D eigenvalue weighted by atomic mass is 9.97. The molecule has 0 saturated heterocycles. The summed E-state index contributed by atoms with van der Waals surface area (Å²) in [5.74, 6) is 2.35. The van der Waals surface area contributed by atoms with Crippen LogP contribution in [0.2, 0.25) is 0 Å². The Hall–Kier alpha value is -2.36. The van der Waals surface area contributed by atoms with Crippen LogP contribution < -0.4 is 22.9 Å². The first kappa shape index (κ1) is 64.6. The van der Waals surface area contributed by atoms with Gasteiger partial charge in [0.2, 0.25) is 0 Å². The van der Waals surface area contributed by atoms with Gasteiger partial charge in [-0.2, -0.15) is 0 Å². The molecule has 0 spiro atoms. The highest BCUT2D eigenvalue weighted by Crippen LogP contribution is 2.45. The number of unbranched alkanes of at least 4 members (excludes halogenated alkanes) is 2. The molecular weight excluding hydrogens is 1170 g/mol. The number of aromatic nitrogens is 8. The van der Waals surface area contributed by atoms with E-state index >= 15 is 0 Å². The van der Waals surface area contributed by atoms with Crippen LogP contribution in [0.4, 0.5) is 0 Å². The summed E-state index contributed by atoms with van der Waals surface area (Å²) in [7, 11) is 0. The van der Waals surface area contributed by atoms with Crippen LogP contribution in [0.15, 0.2) is 111 Å². The number of nitrogens with zero attached hydrogens (tertiary/aromatic N) is 4. The minimum Gasteiger partial charge on any atom is -0.348 e. The Morgan fingerprint density at radius 1 is 0.612 bits per heavy atom. The van der Waals surface area contributed by atoms with E-state index in [1.807, 2.05) is 49.1 Å². The highest BCUT2D eigenvalue weighted by Gasteiger charge is 2.44. The molecule has 1 saturated carbocycles. The largest absolute Gasteiger partial charge is 0.348 e. The summed E-state index contributed by atoms with van der Waals surface area (Å²) in [6.45, 7) is 11.4. The number of H-pyrrole nitrogens is 4. The summed E-state index contributed by atoms with van der Waals surface area (Å²) in [6.07, 6.45) is 25.0. The van der Waals surface area contributed by atoms with E-state index < -0.39 is 0 Å². The summed E-state index contributed by atoms with van der Waals surface area (Å²) < 4.78 is 2.53. The van der Waals surface area contributed by atoms with Gasteiger partial charge in [0.05, 0.1) is 25.3 Å². The van der Waals surface area contributed by atoms with Gasteiger partial charge in [-0.3, -0.25) is 0 Å². The molecule has 1 aliphatic rings. The number of benzene rings is 2. The van der Waals surface area contributed by atoms with Gasteiger partial charge in [0.15, 0.2) is 0 Å². The van der Waals surface area contributed by atoms with Gasteiger partial charge in [-0.15, -0.1) is 23.2 Å². The molecule has 67 heavy (non-hydrogen) atoms. The molecule has 3 unspecified atom stereocenters. The van der Waals surface area contributed by atoms with Crippen molar-refractivity contribution in [2.45, 2.75) is 114 Å². The molecule has 0 aliphatic heterocycles. The minimum atomic E-state index is 0.274. The Morgan fingerprint density at radius 3 is 1.34 bits per heavy atom. The fourth-order valence-corrected chi connectivity index (χ4v) is 7.17. The molecule has 12 nitrogen and oxygen atoms in total. The van der Waals surface area contributed by atoms with Gasteiger partial charge in [0, 0.05) is 114 Å². The number of halogens is 5. The number of aromatic amines is 4. The van der Waals surface area contributed by atoms with Gasteiger partial charge in [-0.1, -0.05) is 169 Å². The van der Waals surface area contributed by atoms with Gasteiger partial charge in [-0.25, -0.2) is 19.9 Å². The summed E-state index contributed by atoms with van der Waals surface area (Å²) in [5.41, 5.74) is 30.1. The molecule has 4 heterocycles. The van der Waals surface area contributed by atoms with E-state index in [1.54, 1.807) is 25.3 Å². The summed E-state index contributed by atoms with van der Waals surface area (Å²) in [4.78, 5) is 28.3. The zero-order valence-corrected chi connectivity index (χ0v) is 47.8. The quantitative estimate of drug-likeness (QED) is 0.0305. The average molecular weight is 1250 g/mol. The highest BCUT2D eigenvalue weighted by atomic mass is 127. The van der Waals surface area contributed by atoms with Crippen molar-refractivity contribution in [3.63, 3.8) is 0 Å². The molecule has 0 radical (unpaired) electrons. The third-order valence-corrected chi connectivity index (χ3v) is 12.3. The van der Waals surface area contributed by atoms with Gasteiger partial charge in [0.1, 0.15) is 0 Å². The zero-order chi connectivity index (χ0) is 49.8. The average Bonchev–Trinajstić information content (AvgIpc) is 4.07. The number of nitrogens with two attached hydrogens (primary N) is 4. The lowest BCUT2D eigenvalue weighted by molar-refractivity contribution is 0.581. The van der Waals surface area contributed by atoms with Crippen LogP contribution in [0, 0.1) is 0 Å². The molecule has 1 fully saturated rings. The van der Waals surface area contributed by atoms with Gasteiger partial charge < -0.3 is 42.9 Å². The number of alkyl halides is 5. The van der Waals surface area contributed by atoms with Crippen LogP contribution in [0.25, 0.3) is 0 Å². The molecule has 6 aromatic rings. The first-order chi connectivity index (χ1) is 32.7. The van der Waals surface area contributed by atoms with Crippen molar-refractivity contribution >= 4 is 84.3 Å². The number of nitrogens with one attached hydrogen (secondary N) is 4. The summed E-state index contributed by atoms with van der Waals surface area (Å²) in [5, 5.41) is 0.952. The molecule has 1 aliphatic carbocycles. The van der Waals surface area contributed by atoms with Gasteiger partial charge in [-0.05, 0) is 58.5 Å². The summed E-state index contributed by atoms with van der Waals surface area (Å²) in [6, 6.07) is 20.7. The molecule has 4 aromatic heterocycles. The first-order valence-corrected chi connectivity index (χ1v) is 28.6. The van der Waals surface area contributed by atoms with E-state index in [0.717, 1.165) is 42.5 Å². The number of hydrogen-bond donors (Lipinski definition) is 8. The SMILES string of the molecule is BrCc1ccccc1.CCC(CN)c1cnc[nH]1.CCCCC(CN)c1cnc[nH]1.CCCCI.CCI.ClCCCl.NCC(Cc1ccccc1)c1cnc[nH]1.NCC1(c2cnc[nH]2)CC1. The second kappa shape index (κ2) is 44.8. The Kier molecular flexibility index (Phi) is 43.2. The predicted molar refractivity (Wildman–Crippen MR) is 309 cm³/mol. The van der Waals surface area contributed by atoms with Crippen LogP contribution in [0.3, 0.4) is 0 Å². The van der Waals surface area contributed by atoms with Crippen LogP contribution in [0.1, 0.15) is 131 Å². The van der Waals surface area contributed by atoms with Crippen molar-refractivity contribution in [1.82, 2.24) is 39.9 Å². The first-order valence-electron chi connectivity index (χ1n) is 23.3.